The molecule has 1 aliphatic carbocycles. The number of benzene rings is 2. The number of para-hydroxylation sites is 1. The van der Waals surface area contributed by atoms with Crippen LogP contribution >= 0.6 is 0 Å². The van der Waals surface area contributed by atoms with Crippen LogP contribution in [0.2, 0.25) is 0 Å². The van der Waals surface area contributed by atoms with Crippen molar-refractivity contribution in [2.24, 2.45) is 11.8 Å². The predicted molar refractivity (Wildman–Crippen MR) is 135 cm³/mol. The van der Waals surface area contributed by atoms with Crippen molar-refractivity contribution >= 4 is 17.5 Å². The molecule has 2 aromatic carbocycles. The number of hydrogen-bond donors (Lipinski definition) is 0. The molecule has 0 spiro atoms. The fourth-order valence-corrected chi connectivity index (χ4v) is 5.59. The van der Waals surface area contributed by atoms with Gasteiger partial charge < -0.3 is 24.2 Å². The summed E-state index contributed by atoms with van der Waals surface area (Å²) in [7, 11) is 3.29. The maximum Gasteiger partial charge on any atom is 0.228 e. The summed E-state index contributed by atoms with van der Waals surface area (Å²) >= 11 is 0. The van der Waals surface area contributed by atoms with Crippen LogP contribution in [0.1, 0.15) is 29.9 Å². The van der Waals surface area contributed by atoms with Gasteiger partial charge in [-0.25, -0.2) is 0 Å². The average molecular weight is 478 g/mol. The Labute approximate surface area is 207 Å². The van der Waals surface area contributed by atoms with Crippen molar-refractivity contribution < 1.29 is 19.1 Å². The van der Waals surface area contributed by atoms with Gasteiger partial charge in [0.25, 0.3) is 0 Å². The van der Waals surface area contributed by atoms with Crippen molar-refractivity contribution in [1.29, 1.82) is 0 Å². The smallest absolute Gasteiger partial charge is 0.228 e. The van der Waals surface area contributed by atoms with E-state index in [-0.39, 0.29) is 29.6 Å². The summed E-state index contributed by atoms with van der Waals surface area (Å²) in [4.78, 5) is 33.1. The van der Waals surface area contributed by atoms with E-state index >= 15 is 0 Å². The normalized spacial score (nSPS) is 22.3. The maximum absolute atomic E-state index is 13.9. The van der Waals surface area contributed by atoms with Gasteiger partial charge in [-0.1, -0.05) is 18.2 Å². The van der Waals surface area contributed by atoms with E-state index in [0.717, 1.165) is 43.0 Å². The second kappa shape index (κ2) is 9.80. The summed E-state index contributed by atoms with van der Waals surface area (Å²) < 4.78 is 11.1. The molecular formula is C28H35N3O4. The van der Waals surface area contributed by atoms with Crippen molar-refractivity contribution in [3.05, 3.63) is 53.6 Å². The number of methoxy groups -OCH3 is 2. The van der Waals surface area contributed by atoms with Crippen molar-refractivity contribution in [3.8, 4) is 11.5 Å². The molecule has 7 nitrogen and oxygen atoms in total. The summed E-state index contributed by atoms with van der Waals surface area (Å²) in [6.07, 6.45) is 1.92. The zero-order valence-corrected chi connectivity index (χ0v) is 20.9. The van der Waals surface area contributed by atoms with Crippen LogP contribution in [0.5, 0.6) is 11.5 Å². The van der Waals surface area contributed by atoms with Crippen LogP contribution in [0.25, 0.3) is 0 Å². The monoisotopic (exact) mass is 477 g/mol. The molecule has 35 heavy (non-hydrogen) atoms. The van der Waals surface area contributed by atoms with Crippen LogP contribution in [0, 0.1) is 18.8 Å². The van der Waals surface area contributed by atoms with Gasteiger partial charge in [0.2, 0.25) is 11.8 Å². The van der Waals surface area contributed by atoms with Crippen molar-refractivity contribution in [2.75, 3.05) is 58.4 Å². The quantitative estimate of drug-likeness (QED) is 0.639. The molecule has 186 valence electrons. The van der Waals surface area contributed by atoms with Gasteiger partial charge >= 0.3 is 0 Å². The first-order chi connectivity index (χ1) is 17.0. The molecule has 1 saturated carbocycles. The van der Waals surface area contributed by atoms with Gasteiger partial charge in [0.15, 0.2) is 0 Å². The van der Waals surface area contributed by atoms with Crippen molar-refractivity contribution in [1.82, 2.24) is 9.80 Å². The second-order valence-corrected chi connectivity index (χ2v) is 9.94. The first-order valence-corrected chi connectivity index (χ1v) is 12.6. The SMILES string of the molecule is COc1ccc(OC)c(C2CN(C(=O)C3CC3)CC2C(=O)N2CCN(c3ccccc3C)CC2)c1. The lowest BCUT2D eigenvalue weighted by molar-refractivity contribution is -0.136. The first-order valence-electron chi connectivity index (χ1n) is 12.6. The Morgan fingerprint density at radius 1 is 0.857 bits per heavy atom. The Kier molecular flexibility index (Phi) is 6.58. The highest BCUT2D eigenvalue weighted by Crippen LogP contribution is 2.42. The number of anilines is 1. The molecule has 0 bridgehead atoms. The van der Waals surface area contributed by atoms with Crippen LogP contribution in [-0.2, 0) is 9.59 Å². The van der Waals surface area contributed by atoms with Gasteiger partial charge in [0.1, 0.15) is 11.5 Å². The Morgan fingerprint density at radius 3 is 2.26 bits per heavy atom. The number of amides is 2. The molecule has 2 aliphatic heterocycles. The van der Waals surface area contributed by atoms with Crippen LogP contribution in [0.15, 0.2) is 42.5 Å². The van der Waals surface area contributed by atoms with E-state index in [2.05, 4.69) is 36.1 Å². The number of aryl methyl sites for hydroxylation is 1. The topological polar surface area (TPSA) is 62.3 Å². The molecule has 2 saturated heterocycles. The molecule has 7 heteroatoms. The highest BCUT2D eigenvalue weighted by Gasteiger charge is 2.46. The van der Waals surface area contributed by atoms with Gasteiger partial charge in [0.05, 0.1) is 20.1 Å². The Bertz CT molecular complexity index is 1090. The third kappa shape index (κ3) is 4.68. The Hall–Kier alpha value is -3.22. The highest BCUT2D eigenvalue weighted by atomic mass is 16.5. The van der Waals surface area contributed by atoms with Crippen molar-refractivity contribution in [3.63, 3.8) is 0 Å². The lowest BCUT2D eigenvalue weighted by Crippen LogP contribution is -2.51. The van der Waals surface area contributed by atoms with Gasteiger partial charge in [-0.2, -0.15) is 0 Å². The van der Waals surface area contributed by atoms with Gasteiger partial charge in [0, 0.05) is 62.4 Å². The Balaban J connectivity index is 1.36. The highest BCUT2D eigenvalue weighted by molar-refractivity contribution is 5.85. The molecule has 2 heterocycles. The van der Waals surface area contributed by atoms with E-state index in [1.165, 1.54) is 11.3 Å². The molecule has 2 unspecified atom stereocenters. The van der Waals surface area contributed by atoms with E-state index in [4.69, 9.17) is 9.47 Å². The molecule has 3 fully saturated rings. The molecule has 5 rings (SSSR count). The summed E-state index contributed by atoms with van der Waals surface area (Å²) in [5.74, 6) is 1.51. The van der Waals surface area contributed by atoms with Crippen LogP contribution in [-0.4, -0.2) is 75.1 Å². The van der Waals surface area contributed by atoms with Crippen LogP contribution < -0.4 is 14.4 Å². The molecule has 2 atom stereocenters. The van der Waals surface area contributed by atoms with Gasteiger partial charge in [-0.05, 0) is 49.6 Å². The lowest BCUT2D eigenvalue weighted by atomic mass is 9.87. The largest absolute Gasteiger partial charge is 0.497 e. The van der Waals surface area contributed by atoms with E-state index in [1.807, 2.05) is 28.0 Å². The maximum atomic E-state index is 13.9. The zero-order valence-electron chi connectivity index (χ0n) is 20.9. The molecule has 2 amide bonds. The standard InChI is InChI=1S/C28H35N3O4/c1-19-6-4-5-7-25(19)29-12-14-30(15-13-29)28(33)24-18-31(27(32)20-8-9-20)17-23(24)22-16-21(34-2)10-11-26(22)35-3/h4-7,10-11,16,20,23-24H,8-9,12-15,17-18H2,1-3H3. The minimum Gasteiger partial charge on any atom is -0.497 e. The number of carbonyl (C=O) groups excluding carboxylic acids is 2. The second-order valence-electron chi connectivity index (χ2n) is 9.94. The van der Waals surface area contributed by atoms with E-state index in [0.29, 0.717) is 26.2 Å². The third-order valence-electron chi connectivity index (χ3n) is 7.76. The number of piperazine rings is 1. The number of rotatable bonds is 6. The molecule has 0 aromatic heterocycles. The number of carbonyl (C=O) groups is 2. The predicted octanol–water partition coefficient (Wildman–Crippen LogP) is 3.31. The zero-order chi connectivity index (χ0) is 24.5. The number of nitrogens with zero attached hydrogens (tertiary/aromatic N) is 3. The van der Waals surface area contributed by atoms with E-state index in [1.54, 1.807) is 14.2 Å². The van der Waals surface area contributed by atoms with Crippen LogP contribution in [0.4, 0.5) is 5.69 Å². The fraction of sp³-hybridized carbons (Fsp3) is 0.500. The summed E-state index contributed by atoms with van der Waals surface area (Å²) in [5.41, 5.74) is 3.43. The molecule has 0 radical (unpaired) electrons. The summed E-state index contributed by atoms with van der Waals surface area (Å²) in [6, 6.07) is 14.1. The summed E-state index contributed by atoms with van der Waals surface area (Å²) in [5, 5.41) is 0. The minimum absolute atomic E-state index is 0.121. The molecular weight excluding hydrogens is 442 g/mol. The molecule has 0 N–H and O–H groups in total. The van der Waals surface area contributed by atoms with E-state index < -0.39 is 0 Å². The van der Waals surface area contributed by atoms with Crippen molar-refractivity contribution in [2.45, 2.75) is 25.7 Å². The lowest BCUT2D eigenvalue weighted by Gasteiger charge is -2.38. The fourth-order valence-electron chi connectivity index (χ4n) is 5.59. The average Bonchev–Trinajstić information content (AvgIpc) is 3.66. The first kappa shape index (κ1) is 23.5. The number of likely N-dealkylation sites (tertiary alicyclic amines) is 1. The Morgan fingerprint density at radius 2 is 1.60 bits per heavy atom. The molecule has 3 aliphatic rings. The number of ether oxygens (including phenoxy) is 2. The van der Waals surface area contributed by atoms with Gasteiger partial charge in [-0.15, -0.1) is 0 Å². The molecule has 2 aromatic rings. The summed E-state index contributed by atoms with van der Waals surface area (Å²) in [6.45, 7) is 6.12. The van der Waals surface area contributed by atoms with E-state index in [9.17, 15) is 9.59 Å². The number of hydrogen-bond acceptors (Lipinski definition) is 5. The third-order valence-corrected chi connectivity index (χ3v) is 7.76. The van der Waals surface area contributed by atoms with Gasteiger partial charge in [-0.3, -0.25) is 9.59 Å². The minimum atomic E-state index is -0.288. The van der Waals surface area contributed by atoms with Crippen LogP contribution in [0.3, 0.4) is 0 Å².